The molecule has 0 atom stereocenters. The fraction of sp³-hybridized carbons (Fsp3) is 0.588. The third-order valence-electron chi connectivity index (χ3n) is 2.56. The molecular formula is C17H28O2. The molecule has 0 aromatic rings. The van der Waals surface area contributed by atoms with Crippen molar-refractivity contribution < 1.29 is 9.53 Å². The fourth-order valence-electron chi connectivity index (χ4n) is 1.52. The number of esters is 1. The van der Waals surface area contributed by atoms with Crippen LogP contribution >= 0.6 is 0 Å². The molecular weight excluding hydrogens is 236 g/mol. The highest BCUT2D eigenvalue weighted by Gasteiger charge is 1.99. The molecule has 0 N–H and O–H groups in total. The number of carbonyl (C=O) groups is 1. The van der Waals surface area contributed by atoms with E-state index in [1.165, 1.54) is 0 Å². The van der Waals surface area contributed by atoms with Gasteiger partial charge >= 0.3 is 5.97 Å². The molecule has 0 rings (SSSR count). The summed E-state index contributed by atoms with van der Waals surface area (Å²) in [6, 6.07) is 0. The molecule has 0 amide bonds. The van der Waals surface area contributed by atoms with E-state index in [0.717, 1.165) is 38.5 Å². The molecule has 19 heavy (non-hydrogen) atoms. The van der Waals surface area contributed by atoms with Crippen LogP contribution in [0.3, 0.4) is 0 Å². The van der Waals surface area contributed by atoms with Crippen LogP contribution in [0.5, 0.6) is 0 Å². The van der Waals surface area contributed by atoms with Crippen molar-refractivity contribution in [3.8, 4) is 0 Å². The second kappa shape index (κ2) is 14.7. The Kier molecular flexibility index (Phi) is 13.7. The number of allylic oxidation sites excluding steroid dienone is 5. The van der Waals surface area contributed by atoms with Crippen LogP contribution in [-0.2, 0) is 9.53 Å². The van der Waals surface area contributed by atoms with Crippen molar-refractivity contribution in [2.24, 2.45) is 0 Å². The maximum absolute atomic E-state index is 11.4. The van der Waals surface area contributed by atoms with E-state index in [2.05, 4.69) is 44.2 Å². The molecule has 0 heterocycles. The highest BCUT2D eigenvalue weighted by molar-refractivity contribution is 5.69. The second-order valence-electron chi connectivity index (χ2n) is 4.38. The Labute approximate surface area is 118 Å². The number of unbranched alkanes of at least 4 members (excludes halogenated alkanes) is 2. The third-order valence-corrected chi connectivity index (χ3v) is 2.56. The van der Waals surface area contributed by atoms with Crippen LogP contribution in [0.25, 0.3) is 0 Å². The zero-order chi connectivity index (χ0) is 14.2. The molecule has 0 saturated carbocycles. The number of hydrogen-bond acceptors (Lipinski definition) is 2. The number of rotatable bonds is 11. The average molecular weight is 264 g/mol. The van der Waals surface area contributed by atoms with Crippen LogP contribution in [0.1, 0.15) is 58.8 Å². The normalized spacial score (nSPS) is 11.9. The zero-order valence-electron chi connectivity index (χ0n) is 12.4. The number of carbonyl (C=O) groups excluding carboxylic acids is 1. The molecule has 0 aromatic heterocycles. The van der Waals surface area contributed by atoms with Crippen LogP contribution in [-0.4, -0.2) is 12.6 Å². The molecule has 0 unspecified atom stereocenters. The summed E-state index contributed by atoms with van der Waals surface area (Å²) in [6.45, 7) is 4.64. The number of hydrogen-bond donors (Lipinski definition) is 0. The fourth-order valence-corrected chi connectivity index (χ4v) is 1.52. The lowest BCUT2D eigenvalue weighted by Gasteiger charge is -2.00. The molecule has 0 saturated heterocycles. The Morgan fingerprint density at radius 3 is 2.05 bits per heavy atom. The van der Waals surface area contributed by atoms with Gasteiger partial charge in [0.05, 0.1) is 0 Å². The van der Waals surface area contributed by atoms with E-state index in [0.29, 0.717) is 13.0 Å². The summed E-state index contributed by atoms with van der Waals surface area (Å²) in [5, 5.41) is 0. The molecule has 2 heteroatoms. The summed E-state index contributed by atoms with van der Waals surface area (Å²) in [5.41, 5.74) is 0. The van der Waals surface area contributed by atoms with Gasteiger partial charge in [0, 0.05) is 6.42 Å². The van der Waals surface area contributed by atoms with E-state index in [-0.39, 0.29) is 5.97 Å². The summed E-state index contributed by atoms with van der Waals surface area (Å²) < 4.78 is 5.11. The standard InChI is InChI=1S/C17H28O2/c1-3-5-7-9-10-12-14-16-19-17(18)15-13-11-8-6-4-2/h5-8,12,14H,3-4,9-11,13,15-16H2,1-2H3/b7-5-,8-6-,14-12+. The maximum Gasteiger partial charge on any atom is 0.306 e. The molecule has 0 radical (unpaired) electrons. The molecule has 0 aliphatic heterocycles. The molecule has 0 spiro atoms. The molecule has 2 nitrogen and oxygen atoms in total. The lowest BCUT2D eigenvalue weighted by Crippen LogP contribution is -2.03. The third kappa shape index (κ3) is 14.6. The van der Waals surface area contributed by atoms with E-state index in [4.69, 9.17) is 4.74 Å². The lowest BCUT2D eigenvalue weighted by molar-refractivity contribution is -0.142. The maximum atomic E-state index is 11.4. The van der Waals surface area contributed by atoms with Crippen molar-refractivity contribution in [1.82, 2.24) is 0 Å². The van der Waals surface area contributed by atoms with Gasteiger partial charge in [0.15, 0.2) is 0 Å². The minimum Gasteiger partial charge on any atom is -0.461 e. The Balaban J connectivity index is 3.39. The lowest BCUT2D eigenvalue weighted by atomic mass is 10.2. The van der Waals surface area contributed by atoms with Gasteiger partial charge in [-0.1, -0.05) is 50.3 Å². The van der Waals surface area contributed by atoms with Gasteiger partial charge < -0.3 is 4.74 Å². The minimum atomic E-state index is -0.0968. The van der Waals surface area contributed by atoms with Crippen LogP contribution in [0.2, 0.25) is 0 Å². The smallest absolute Gasteiger partial charge is 0.306 e. The van der Waals surface area contributed by atoms with Gasteiger partial charge in [-0.3, -0.25) is 4.79 Å². The largest absolute Gasteiger partial charge is 0.461 e. The Morgan fingerprint density at radius 2 is 1.42 bits per heavy atom. The van der Waals surface area contributed by atoms with Crippen LogP contribution in [0.15, 0.2) is 36.5 Å². The molecule has 0 aromatic carbocycles. The highest BCUT2D eigenvalue weighted by Crippen LogP contribution is 2.00. The van der Waals surface area contributed by atoms with Gasteiger partial charge in [0.2, 0.25) is 0 Å². The van der Waals surface area contributed by atoms with Gasteiger partial charge in [-0.2, -0.15) is 0 Å². The Bertz CT molecular complexity index is 288. The second-order valence-corrected chi connectivity index (χ2v) is 4.38. The first-order chi connectivity index (χ1) is 9.31. The van der Waals surface area contributed by atoms with Crippen molar-refractivity contribution in [2.75, 3.05) is 6.61 Å². The van der Waals surface area contributed by atoms with E-state index in [9.17, 15) is 4.79 Å². The SMILES string of the molecule is CC/C=C\CC/C=C/COC(=O)CCC/C=C\CC. The van der Waals surface area contributed by atoms with Crippen molar-refractivity contribution in [2.45, 2.75) is 58.8 Å². The minimum absolute atomic E-state index is 0.0968. The first-order valence-corrected chi connectivity index (χ1v) is 7.41. The zero-order valence-corrected chi connectivity index (χ0v) is 12.4. The van der Waals surface area contributed by atoms with Crippen LogP contribution in [0, 0.1) is 0 Å². The van der Waals surface area contributed by atoms with Crippen molar-refractivity contribution >= 4 is 5.97 Å². The van der Waals surface area contributed by atoms with Gasteiger partial charge in [0.1, 0.15) is 6.61 Å². The van der Waals surface area contributed by atoms with Crippen molar-refractivity contribution in [1.29, 1.82) is 0 Å². The predicted octanol–water partition coefficient (Wildman–Crippen LogP) is 4.97. The quantitative estimate of drug-likeness (QED) is 0.299. The van der Waals surface area contributed by atoms with Crippen LogP contribution < -0.4 is 0 Å². The van der Waals surface area contributed by atoms with Crippen LogP contribution in [0.4, 0.5) is 0 Å². The van der Waals surface area contributed by atoms with Gasteiger partial charge in [-0.25, -0.2) is 0 Å². The van der Waals surface area contributed by atoms with Crippen molar-refractivity contribution in [3.05, 3.63) is 36.5 Å². The first kappa shape index (κ1) is 17.7. The molecule has 0 aliphatic rings. The number of ether oxygens (including phenoxy) is 1. The van der Waals surface area contributed by atoms with E-state index < -0.39 is 0 Å². The van der Waals surface area contributed by atoms with E-state index in [1.54, 1.807) is 0 Å². The Hall–Kier alpha value is -1.31. The first-order valence-electron chi connectivity index (χ1n) is 7.41. The predicted molar refractivity (Wildman–Crippen MR) is 82.0 cm³/mol. The van der Waals surface area contributed by atoms with Gasteiger partial charge in [0.25, 0.3) is 0 Å². The van der Waals surface area contributed by atoms with Gasteiger partial charge in [-0.05, 0) is 38.5 Å². The molecule has 108 valence electrons. The summed E-state index contributed by atoms with van der Waals surface area (Å²) in [4.78, 5) is 11.4. The molecule has 0 fully saturated rings. The topological polar surface area (TPSA) is 26.3 Å². The van der Waals surface area contributed by atoms with E-state index >= 15 is 0 Å². The molecule has 0 bridgehead atoms. The van der Waals surface area contributed by atoms with Gasteiger partial charge in [-0.15, -0.1) is 0 Å². The molecule has 0 aliphatic carbocycles. The summed E-state index contributed by atoms with van der Waals surface area (Å²) >= 11 is 0. The summed E-state index contributed by atoms with van der Waals surface area (Å²) in [5.74, 6) is -0.0968. The van der Waals surface area contributed by atoms with Crippen molar-refractivity contribution in [3.63, 3.8) is 0 Å². The van der Waals surface area contributed by atoms with E-state index in [1.807, 2.05) is 6.08 Å². The summed E-state index contributed by atoms with van der Waals surface area (Å²) in [7, 11) is 0. The average Bonchev–Trinajstić information content (AvgIpc) is 2.41. The Morgan fingerprint density at radius 1 is 0.842 bits per heavy atom. The summed E-state index contributed by atoms with van der Waals surface area (Å²) in [6.07, 6.45) is 19.2. The highest BCUT2D eigenvalue weighted by atomic mass is 16.5. The monoisotopic (exact) mass is 264 g/mol.